The fraction of sp³-hybridized carbons (Fsp3) is 0.234. The van der Waals surface area contributed by atoms with E-state index in [1.807, 2.05) is 91.0 Å². The molecule has 65 heavy (non-hydrogen) atoms. The van der Waals surface area contributed by atoms with E-state index in [2.05, 4.69) is 77.9 Å². The second kappa shape index (κ2) is 19.2. The smallest absolute Gasteiger partial charge is 0.870 e. The van der Waals surface area contributed by atoms with Gasteiger partial charge in [0.1, 0.15) is 0 Å². The van der Waals surface area contributed by atoms with Crippen LogP contribution in [0.2, 0.25) is 0 Å². The summed E-state index contributed by atoms with van der Waals surface area (Å²) >= 11 is 0. The van der Waals surface area contributed by atoms with Gasteiger partial charge in [0.15, 0.2) is 0 Å². The molecule has 0 spiro atoms. The van der Waals surface area contributed by atoms with Crippen molar-refractivity contribution in [3.05, 3.63) is 143 Å². The number of carbonyl (C=O) groups is 2. The Bertz CT molecular complexity index is 2970. The predicted molar refractivity (Wildman–Crippen MR) is 240 cm³/mol. The molecular formula is C47H47LiN12O5. The molecule has 0 radical (unpaired) electrons. The van der Waals surface area contributed by atoms with Gasteiger partial charge in [-0.1, -0.05) is 34.7 Å². The van der Waals surface area contributed by atoms with Gasteiger partial charge in [-0.15, -0.1) is 10.2 Å². The van der Waals surface area contributed by atoms with Crippen LogP contribution in [0.4, 0.5) is 11.4 Å². The largest absolute Gasteiger partial charge is 1.00 e. The number of hydrogen-bond donors (Lipinski definition) is 3. The van der Waals surface area contributed by atoms with Gasteiger partial charge in [0.2, 0.25) is 0 Å². The van der Waals surface area contributed by atoms with E-state index >= 15 is 0 Å². The van der Waals surface area contributed by atoms with E-state index in [1.165, 1.54) is 12.7 Å². The number of carbonyl (C=O) groups excluding carboxylic acids is 1. The number of nitrogens with one attached hydrogen (secondary N) is 2. The summed E-state index contributed by atoms with van der Waals surface area (Å²) in [6.07, 6.45) is 9.43. The van der Waals surface area contributed by atoms with Crippen molar-refractivity contribution in [2.24, 2.45) is 14.1 Å². The second-order valence-electron chi connectivity index (χ2n) is 15.8. The van der Waals surface area contributed by atoms with Crippen LogP contribution < -0.4 is 29.5 Å². The molecule has 0 bridgehead atoms. The molecule has 0 saturated carbocycles. The predicted octanol–water partition coefficient (Wildman–Crippen LogP) is 4.73. The van der Waals surface area contributed by atoms with Crippen LogP contribution in [0.1, 0.15) is 68.2 Å². The van der Waals surface area contributed by atoms with Gasteiger partial charge in [0.05, 0.1) is 65.5 Å². The maximum absolute atomic E-state index is 11.8. The van der Waals surface area contributed by atoms with Crippen molar-refractivity contribution in [1.29, 1.82) is 0 Å². The molecule has 2 aliphatic rings. The molecule has 18 heteroatoms. The monoisotopic (exact) mass is 866 g/mol. The summed E-state index contributed by atoms with van der Waals surface area (Å²) < 4.78 is 12.4. The Kier molecular flexibility index (Phi) is 13.5. The fourth-order valence-electron chi connectivity index (χ4n) is 8.46. The Balaban J connectivity index is 0.000000188. The number of aromatic nitrogens is 10. The SMILES string of the molecule is COC(=O)c1ccc(NC2CCn3nnc(C)c3-c3ccc(-c4cnn(C)c4)cc32)cc1.Cc1nnn2c1-c1ccc(-c3cnn(C)c3)cc1C(Nc1ccc(C(=O)O)cc1)CC2.[Li+].[OH-]. The summed E-state index contributed by atoms with van der Waals surface area (Å²) in [5.41, 5.74) is 15.5. The Morgan fingerprint density at radius 2 is 1.08 bits per heavy atom. The average molecular weight is 867 g/mol. The topological polar surface area (TPSA) is 215 Å². The summed E-state index contributed by atoms with van der Waals surface area (Å²) in [7, 11) is 5.21. The number of aromatic carboxylic acids is 1. The molecule has 0 saturated heterocycles. The number of carboxylic acids is 1. The summed E-state index contributed by atoms with van der Waals surface area (Å²) in [6, 6.07) is 27.3. The molecule has 0 aliphatic carbocycles. The first-order chi connectivity index (χ1) is 30.5. The molecule has 4 N–H and O–H groups in total. The van der Waals surface area contributed by atoms with Gasteiger partial charge in [-0.2, -0.15) is 10.2 Å². The molecule has 326 valence electrons. The Morgan fingerprint density at radius 1 is 0.646 bits per heavy atom. The van der Waals surface area contributed by atoms with Crippen LogP contribution in [-0.4, -0.2) is 79.2 Å². The summed E-state index contributed by atoms with van der Waals surface area (Å²) in [5.74, 6) is -1.27. The third-order valence-electron chi connectivity index (χ3n) is 11.6. The van der Waals surface area contributed by atoms with E-state index in [4.69, 9.17) is 9.84 Å². The molecule has 4 aromatic carbocycles. The third-order valence-corrected chi connectivity index (χ3v) is 11.6. The first-order valence-corrected chi connectivity index (χ1v) is 20.6. The maximum atomic E-state index is 11.8. The van der Waals surface area contributed by atoms with E-state index in [0.29, 0.717) is 5.56 Å². The van der Waals surface area contributed by atoms with E-state index in [-0.39, 0.29) is 48.0 Å². The van der Waals surface area contributed by atoms with E-state index in [0.717, 1.165) is 99.0 Å². The second-order valence-corrected chi connectivity index (χ2v) is 15.8. The van der Waals surface area contributed by atoms with Gasteiger partial charge < -0.3 is 26.0 Å². The van der Waals surface area contributed by atoms with Gasteiger partial charge in [-0.25, -0.2) is 19.0 Å². The molecule has 0 fully saturated rings. The minimum atomic E-state index is -0.930. The van der Waals surface area contributed by atoms with Crippen LogP contribution >= 0.6 is 0 Å². The zero-order valence-electron chi connectivity index (χ0n) is 37.0. The van der Waals surface area contributed by atoms with E-state index in [1.54, 1.807) is 28.9 Å². The Labute approximate surface area is 386 Å². The molecule has 10 rings (SSSR count). The minimum absolute atomic E-state index is 0. The molecule has 6 heterocycles. The molecule has 2 aliphatic heterocycles. The van der Waals surface area contributed by atoms with Gasteiger partial charge in [-0.05, 0) is 110 Å². The van der Waals surface area contributed by atoms with Crippen molar-refractivity contribution >= 4 is 23.3 Å². The van der Waals surface area contributed by atoms with Crippen molar-refractivity contribution in [2.75, 3.05) is 17.7 Å². The summed E-state index contributed by atoms with van der Waals surface area (Å²) in [4.78, 5) is 22.9. The molecule has 8 aromatic rings. The Hall–Kier alpha value is -7.32. The fourth-order valence-corrected chi connectivity index (χ4v) is 8.46. The number of carboxylic acid groups (broad SMARTS) is 1. The zero-order chi connectivity index (χ0) is 43.8. The number of benzene rings is 4. The number of methoxy groups -OCH3 is 1. The summed E-state index contributed by atoms with van der Waals surface area (Å²) in [6.45, 7) is 5.47. The quantitative estimate of drug-likeness (QED) is 0.139. The molecular weight excluding hydrogens is 820 g/mol. The van der Waals surface area contributed by atoms with Gasteiger partial charge in [-0.3, -0.25) is 9.36 Å². The molecule has 4 aromatic heterocycles. The van der Waals surface area contributed by atoms with E-state index in [9.17, 15) is 9.59 Å². The number of ether oxygens (including phenoxy) is 1. The first-order valence-electron chi connectivity index (χ1n) is 20.6. The van der Waals surface area contributed by atoms with Crippen LogP contribution in [0.25, 0.3) is 44.8 Å². The van der Waals surface area contributed by atoms with Crippen molar-refractivity contribution < 1.29 is 43.8 Å². The van der Waals surface area contributed by atoms with E-state index < -0.39 is 5.97 Å². The number of rotatable bonds is 8. The summed E-state index contributed by atoms with van der Waals surface area (Å²) in [5, 5.41) is 42.3. The van der Waals surface area contributed by atoms with Crippen LogP contribution in [0, 0.1) is 13.8 Å². The third kappa shape index (κ3) is 9.34. The first kappa shape index (κ1) is 45.7. The molecule has 2 unspecified atom stereocenters. The normalized spacial score (nSPS) is 14.5. The maximum Gasteiger partial charge on any atom is 1.00 e. The number of nitrogens with zero attached hydrogens (tertiary/aromatic N) is 10. The number of hydrogen-bond acceptors (Lipinski definition) is 12. The number of aryl methyl sites for hydroxylation is 6. The number of esters is 1. The molecule has 0 amide bonds. The standard InChI is InChI=1S/C24H24N6O2.C23H22N6O2.Li.H2O/c1-15-23-20-9-6-17(18-13-25-29(2)14-18)12-21(20)22(10-11-30(23)28-27-15)26-19-7-4-16(5-8-19)24(31)32-3;1-14-22-19-8-5-16(17-12-24-28(2)13-17)11-20(19)21(9-10-29(22)27-26-14)25-18-6-3-15(4-7-18)23(30)31;;/h4-9,12-14,22,26H,10-11H2,1-3H3;3-8,11-13,21,25H,9-10H2,1-2H3,(H,30,31);;1H2/q;;+1;/p-1. The Morgan fingerprint density at radius 3 is 1.46 bits per heavy atom. The van der Waals surface area contributed by atoms with Crippen LogP contribution in [0.3, 0.4) is 0 Å². The average Bonchev–Trinajstić information content (AvgIpc) is 4.07. The zero-order valence-corrected chi connectivity index (χ0v) is 37.0. The van der Waals surface area contributed by atoms with Gasteiger partial charge >= 0.3 is 30.8 Å². The van der Waals surface area contributed by atoms with Gasteiger partial charge in [0.25, 0.3) is 0 Å². The molecule has 17 nitrogen and oxygen atoms in total. The number of anilines is 2. The van der Waals surface area contributed by atoms with Crippen molar-refractivity contribution in [1.82, 2.24) is 49.5 Å². The van der Waals surface area contributed by atoms with Crippen LogP contribution in [-0.2, 0) is 31.9 Å². The van der Waals surface area contributed by atoms with Gasteiger partial charge in [0, 0.05) is 73.2 Å². The van der Waals surface area contributed by atoms with Crippen LogP contribution in [0.5, 0.6) is 0 Å². The van der Waals surface area contributed by atoms with Crippen molar-refractivity contribution in [3.8, 4) is 44.8 Å². The van der Waals surface area contributed by atoms with Crippen molar-refractivity contribution in [3.63, 3.8) is 0 Å². The number of fused-ring (bicyclic) bond motifs is 6. The van der Waals surface area contributed by atoms with Crippen LogP contribution in [0.15, 0.2) is 110 Å². The van der Waals surface area contributed by atoms with Crippen molar-refractivity contribution in [2.45, 2.75) is 51.9 Å². The minimum Gasteiger partial charge on any atom is -0.870 e. The molecule has 2 atom stereocenters.